The maximum Gasteiger partial charge on any atom is 0.247 e. The van der Waals surface area contributed by atoms with Gasteiger partial charge in [-0.2, -0.15) is 0 Å². The van der Waals surface area contributed by atoms with Gasteiger partial charge in [0, 0.05) is 18.7 Å². The molecule has 3 aromatic rings. The number of nitrogens with two attached hydrogens (primary N) is 1. The van der Waals surface area contributed by atoms with Crippen molar-refractivity contribution in [2.75, 3.05) is 19.5 Å². The molecule has 3 aromatic carbocycles. The van der Waals surface area contributed by atoms with Gasteiger partial charge in [0.05, 0.1) is 25.5 Å². The van der Waals surface area contributed by atoms with Crippen LogP contribution in [0.25, 0.3) is 0 Å². The summed E-state index contributed by atoms with van der Waals surface area (Å²) in [4.78, 5) is 27.8. The number of rotatable bonds is 7. The third kappa shape index (κ3) is 6.41. The van der Waals surface area contributed by atoms with Crippen molar-refractivity contribution < 1.29 is 27.5 Å². The molecule has 1 heterocycles. The molecule has 1 atom stereocenters. The molecule has 0 saturated carbocycles. The van der Waals surface area contributed by atoms with Gasteiger partial charge in [-0.1, -0.05) is 36.4 Å². The predicted molar refractivity (Wildman–Crippen MR) is 150 cm³/mol. The van der Waals surface area contributed by atoms with Crippen molar-refractivity contribution in [3.63, 3.8) is 0 Å². The number of nitrogens with zero attached hydrogens (tertiary/aromatic N) is 1. The number of carbonyl (C=O) groups excluding carboxylic acids is 2. The van der Waals surface area contributed by atoms with E-state index in [9.17, 15) is 18.0 Å². The normalized spacial score (nSPS) is 14.6. The fourth-order valence-electron chi connectivity index (χ4n) is 4.55. The maximum atomic E-state index is 13.5. The van der Waals surface area contributed by atoms with Crippen molar-refractivity contribution in [1.29, 1.82) is 5.41 Å². The lowest BCUT2D eigenvalue weighted by atomic mass is 9.93. The van der Waals surface area contributed by atoms with Crippen molar-refractivity contribution in [3.8, 4) is 11.5 Å². The number of hydrogen-bond acceptors (Lipinski definition) is 7. The van der Waals surface area contributed by atoms with Gasteiger partial charge in [-0.05, 0) is 53.4 Å². The lowest BCUT2D eigenvalue weighted by Gasteiger charge is -2.37. The van der Waals surface area contributed by atoms with Crippen LogP contribution in [0.2, 0.25) is 0 Å². The lowest BCUT2D eigenvalue weighted by molar-refractivity contribution is -0.122. The Morgan fingerprint density at radius 2 is 1.73 bits per heavy atom. The molecule has 210 valence electrons. The molecule has 11 nitrogen and oxygen atoms in total. The van der Waals surface area contributed by atoms with Gasteiger partial charge in [0.2, 0.25) is 21.8 Å². The fourth-order valence-corrected chi connectivity index (χ4v) is 5.08. The summed E-state index contributed by atoms with van der Waals surface area (Å²) >= 11 is 0. The van der Waals surface area contributed by atoms with Crippen LogP contribution in [0.15, 0.2) is 65.6 Å². The Morgan fingerprint density at radius 1 is 1.02 bits per heavy atom. The number of methoxy groups -OCH3 is 2. The van der Waals surface area contributed by atoms with Crippen LogP contribution in [0.4, 0.5) is 5.69 Å². The Balaban J connectivity index is 1.55. The minimum Gasteiger partial charge on any atom is -0.493 e. The number of carbonyl (C=O) groups is 2. The SMILES string of the molecule is COc1ccc(CC(=O)NC(=N)N2Cc3ccccc3C[C@@H]2C(=O)Nc2cc(S(N)(=O)=O)ccc2C)cc1OC. The van der Waals surface area contributed by atoms with E-state index in [1.54, 1.807) is 31.2 Å². The second-order valence-corrected chi connectivity index (χ2v) is 11.0. The number of sulfonamides is 1. The van der Waals surface area contributed by atoms with E-state index in [1.807, 2.05) is 24.3 Å². The highest BCUT2D eigenvalue weighted by molar-refractivity contribution is 7.89. The van der Waals surface area contributed by atoms with Gasteiger partial charge in [0.25, 0.3) is 0 Å². The highest BCUT2D eigenvalue weighted by Crippen LogP contribution is 2.28. The van der Waals surface area contributed by atoms with Crippen LogP contribution in [0, 0.1) is 12.3 Å². The predicted octanol–water partition coefficient (Wildman–Crippen LogP) is 2.32. The summed E-state index contributed by atoms with van der Waals surface area (Å²) in [6.07, 6.45) is 0.257. The Morgan fingerprint density at radius 3 is 2.40 bits per heavy atom. The van der Waals surface area contributed by atoms with E-state index >= 15 is 0 Å². The quantitative estimate of drug-likeness (QED) is 0.252. The van der Waals surface area contributed by atoms with Crippen molar-refractivity contribution in [2.24, 2.45) is 5.14 Å². The van der Waals surface area contributed by atoms with E-state index < -0.39 is 27.9 Å². The summed E-state index contributed by atoms with van der Waals surface area (Å²) in [6, 6.07) is 16.1. The van der Waals surface area contributed by atoms with Crippen LogP contribution in [0.3, 0.4) is 0 Å². The highest BCUT2D eigenvalue weighted by atomic mass is 32.2. The van der Waals surface area contributed by atoms with E-state index in [1.165, 1.54) is 31.3 Å². The first-order valence-corrected chi connectivity index (χ1v) is 13.9. The molecule has 0 bridgehead atoms. The van der Waals surface area contributed by atoms with Crippen LogP contribution in [-0.2, 0) is 39.0 Å². The van der Waals surface area contributed by atoms with Crippen LogP contribution in [-0.4, -0.2) is 51.4 Å². The average molecular weight is 566 g/mol. The molecule has 1 aliphatic rings. The van der Waals surface area contributed by atoms with Gasteiger partial charge in [-0.3, -0.25) is 20.3 Å². The molecular formula is C28H31N5O6S. The Bertz CT molecular complexity index is 1570. The Hall–Kier alpha value is -4.42. The molecule has 40 heavy (non-hydrogen) atoms. The zero-order valence-electron chi connectivity index (χ0n) is 22.4. The topological polar surface area (TPSA) is 164 Å². The number of hydrogen-bond donors (Lipinski definition) is 4. The number of ether oxygens (including phenoxy) is 2. The van der Waals surface area contributed by atoms with Crippen molar-refractivity contribution in [2.45, 2.75) is 37.2 Å². The largest absolute Gasteiger partial charge is 0.493 e. The van der Waals surface area contributed by atoms with Gasteiger partial charge < -0.3 is 19.7 Å². The third-order valence-electron chi connectivity index (χ3n) is 6.70. The third-order valence-corrected chi connectivity index (χ3v) is 7.62. The molecule has 0 fully saturated rings. The number of fused-ring (bicyclic) bond motifs is 1. The Kier molecular flexibility index (Phi) is 8.40. The molecular weight excluding hydrogens is 534 g/mol. The number of amides is 2. The first-order valence-electron chi connectivity index (χ1n) is 12.4. The van der Waals surface area contributed by atoms with Crippen molar-refractivity contribution >= 4 is 33.5 Å². The Labute approximate surface area is 232 Å². The number of benzene rings is 3. The van der Waals surface area contributed by atoms with Gasteiger partial charge >= 0.3 is 0 Å². The zero-order chi connectivity index (χ0) is 29.0. The standard InChI is InChI=1S/C28H31N5O6S/c1-17-8-10-21(40(30,36)37)15-22(17)31-27(35)23-14-19-6-4-5-7-20(19)16-33(23)28(29)32-26(34)13-18-9-11-24(38-2)25(12-18)39-3/h4-12,15,23H,13-14,16H2,1-3H3,(H,31,35)(H2,29,32,34)(H2,30,36,37)/t23-/m1/s1. The van der Waals surface area contributed by atoms with Crippen LogP contribution in [0.1, 0.15) is 22.3 Å². The molecule has 1 aliphatic heterocycles. The summed E-state index contributed by atoms with van der Waals surface area (Å²) in [7, 11) is -0.949. The number of primary sulfonamides is 1. The second kappa shape index (κ2) is 11.8. The molecule has 0 radical (unpaired) electrons. The van der Waals surface area contributed by atoms with E-state index in [0.717, 1.165) is 11.1 Å². The van der Waals surface area contributed by atoms with Gasteiger partial charge in [-0.25, -0.2) is 13.6 Å². The zero-order valence-corrected chi connectivity index (χ0v) is 23.2. The van der Waals surface area contributed by atoms with Gasteiger partial charge in [-0.15, -0.1) is 0 Å². The summed E-state index contributed by atoms with van der Waals surface area (Å²) < 4.78 is 34.2. The highest BCUT2D eigenvalue weighted by Gasteiger charge is 2.34. The average Bonchev–Trinajstić information content (AvgIpc) is 2.92. The molecule has 0 unspecified atom stereocenters. The minimum atomic E-state index is -3.97. The van der Waals surface area contributed by atoms with Crippen LogP contribution >= 0.6 is 0 Å². The van der Waals surface area contributed by atoms with Gasteiger partial charge in [0.1, 0.15) is 6.04 Å². The molecule has 0 saturated heterocycles. The number of guanidine groups is 1. The first kappa shape index (κ1) is 28.6. The van der Waals surface area contributed by atoms with E-state index in [0.29, 0.717) is 28.3 Å². The van der Waals surface area contributed by atoms with Crippen molar-refractivity contribution in [3.05, 3.63) is 82.9 Å². The van der Waals surface area contributed by atoms with Gasteiger partial charge in [0.15, 0.2) is 17.5 Å². The fraction of sp³-hybridized carbons (Fsp3) is 0.250. The summed E-state index contributed by atoms with van der Waals surface area (Å²) in [5, 5.41) is 19.4. The number of aryl methyl sites for hydroxylation is 1. The van der Waals surface area contributed by atoms with Crippen LogP contribution < -0.4 is 25.2 Å². The molecule has 0 aromatic heterocycles. The van der Waals surface area contributed by atoms with E-state index in [-0.39, 0.29) is 30.2 Å². The van der Waals surface area contributed by atoms with E-state index in [2.05, 4.69) is 10.6 Å². The summed E-state index contributed by atoms with van der Waals surface area (Å²) in [5.41, 5.74) is 3.46. The monoisotopic (exact) mass is 565 g/mol. The molecule has 12 heteroatoms. The molecule has 0 spiro atoms. The minimum absolute atomic E-state index is 0.0242. The van der Waals surface area contributed by atoms with Crippen LogP contribution in [0.5, 0.6) is 11.5 Å². The number of anilines is 1. The summed E-state index contributed by atoms with van der Waals surface area (Å²) in [6.45, 7) is 1.95. The first-order chi connectivity index (χ1) is 19.0. The lowest BCUT2D eigenvalue weighted by Crippen LogP contribution is -2.55. The molecule has 2 amide bonds. The smallest absolute Gasteiger partial charge is 0.247 e. The maximum absolute atomic E-state index is 13.5. The molecule has 5 N–H and O–H groups in total. The molecule has 0 aliphatic carbocycles. The van der Waals surface area contributed by atoms with E-state index in [4.69, 9.17) is 20.0 Å². The van der Waals surface area contributed by atoms with Crippen molar-refractivity contribution in [1.82, 2.24) is 10.2 Å². The summed E-state index contributed by atoms with van der Waals surface area (Å²) in [5.74, 6) is -0.107. The molecule has 4 rings (SSSR count). The number of nitrogens with one attached hydrogen (secondary N) is 3. The second-order valence-electron chi connectivity index (χ2n) is 9.39.